The molecular weight excluding hydrogens is 213 g/mol. The second-order valence-electron chi connectivity index (χ2n) is 3.92. The highest BCUT2D eigenvalue weighted by molar-refractivity contribution is 5.75. The van der Waals surface area contributed by atoms with Gasteiger partial charge in [-0.15, -0.1) is 0 Å². The standard InChI is InChI=1S/C15H11FN/c16-13-10-12-6-4-5-9-15(12)17(11-13)14-7-2-1-3-8-14/h1-11H/q+1. The van der Waals surface area contributed by atoms with Crippen LogP contribution in [0.2, 0.25) is 0 Å². The van der Waals surface area contributed by atoms with Crippen LogP contribution in [0.5, 0.6) is 0 Å². The number of fused-ring (bicyclic) bond motifs is 1. The number of hydrogen-bond acceptors (Lipinski definition) is 0. The molecule has 0 fully saturated rings. The summed E-state index contributed by atoms with van der Waals surface area (Å²) < 4.78 is 15.4. The summed E-state index contributed by atoms with van der Waals surface area (Å²) in [7, 11) is 0. The van der Waals surface area contributed by atoms with Gasteiger partial charge in [-0.25, -0.2) is 4.39 Å². The Labute approximate surface area is 98.8 Å². The van der Waals surface area contributed by atoms with Crippen molar-refractivity contribution in [1.82, 2.24) is 0 Å². The molecule has 2 aromatic carbocycles. The van der Waals surface area contributed by atoms with Crippen molar-refractivity contribution in [3.8, 4) is 5.69 Å². The Balaban J connectivity index is 2.36. The average molecular weight is 224 g/mol. The van der Waals surface area contributed by atoms with Crippen molar-refractivity contribution < 1.29 is 8.96 Å². The molecular formula is C15H11FN+. The number of aromatic nitrogens is 1. The maximum atomic E-state index is 13.6. The minimum absolute atomic E-state index is 0.229. The second-order valence-corrected chi connectivity index (χ2v) is 3.92. The van der Waals surface area contributed by atoms with E-state index in [-0.39, 0.29) is 5.82 Å². The van der Waals surface area contributed by atoms with Gasteiger partial charge in [0.05, 0.1) is 0 Å². The lowest BCUT2D eigenvalue weighted by Gasteiger charge is -2.00. The Hall–Kier alpha value is -2.22. The van der Waals surface area contributed by atoms with Crippen LogP contribution in [0.4, 0.5) is 4.39 Å². The van der Waals surface area contributed by atoms with Gasteiger partial charge < -0.3 is 0 Å². The van der Waals surface area contributed by atoms with Crippen LogP contribution in [0.3, 0.4) is 0 Å². The lowest BCUT2D eigenvalue weighted by Crippen LogP contribution is -2.31. The van der Waals surface area contributed by atoms with Gasteiger partial charge in [-0.3, -0.25) is 0 Å². The number of rotatable bonds is 1. The smallest absolute Gasteiger partial charge is 0.200 e. The van der Waals surface area contributed by atoms with E-state index >= 15 is 0 Å². The zero-order valence-electron chi connectivity index (χ0n) is 9.18. The van der Waals surface area contributed by atoms with E-state index in [2.05, 4.69) is 0 Å². The highest BCUT2D eigenvalue weighted by atomic mass is 19.1. The summed E-state index contributed by atoms with van der Waals surface area (Å²) in [6.07, 6.45) is 1.51. The molecule has 0 saturated heterocycles. The first kappa shape index (κ1) is 9.97. The van der Waals surface area contributed by atoms with E-state index in [0.717, 1.165) is 16.6 Å². The third-order valence-corrected chi connectivity index (χ3v) is 2.78. The Morgan fingerprint density at radius 1 is 0.824 bits per heavy atom. The molecule has 3 rings (SSSR count). The lowest BCUT2D eigenvalue weighted by molar-refractivity contribution is -0.569. The van der Waals surface area contributed by atoms with Gasteiger partial charge in [0.2, 0.25) is 17.4 Å². The molecule has 0 bridgehead atoms. The molecule has 0 aliphatic heterocycles. The van der Waals surface area contributed by atoms with Crippen LogP contribution in [0.15, 0.2) is 66.9 Å². The molecule has 0 N–H and O–H groups in total. The number of halogens is 1. The van der Waals surface area contributed by atoms with Crippen molar-refractivity contribution in [2.45, 2.75) is 0 Å². The van der Waals surface area contributed by atoms with Crippen LogP contribution >= 0.6 is 0 Å². The molecule has 1 aromatic heterocycles. The summed E-state index contributed by atoms with van der Waals surface area (Å²) in [6.45, 7) is 0. The predicted molar refractivity (Wildman–Crippen MR) is 65.4 cm³/mol. The molecule has 0 amide bonds. The lowest BCUT2D eigenvalue weighted by atomic mass is 10.2. The van der Waals surface area contributed by atoms with Gasteiger partial charge >= 0.3 is 0 Å². The molecule has 0 aliphatic rings. The Kier molecular flexibility index (Phi) is 2.33. The summed E-state index contributed by atoms with van der Waals surface area (Å²) >= 11 is 0. The van der Waals surface area contributed by atoms with E-state index in [1.807, 2.05) is 59.2 Å². The molecule has 0 atom stereocenters. The minimum atomic E-state index is -0.229. The third-order valence-electron chi connectivity index (χ3n) is 2.78. The molecule has 0 radical (unpaired) electrons. The molecule has 3 aromatic rings. The molecule has 17 heavy (non-hydrogen) atoms. The summed E-state index contributed by atoms with van der Waals surface area (Å²) in [4.78, 5) is 0. The number of pyridine rings is 1. The maximum Gasteiger partial charge on any atom is 0.218 e. The molecule has 0 unspecified atom stereocenters. The van der Waals surface area contributed by atoms with E-state index in [0.29, 0.717) is 0 Å². The maximum absolute atomic E-state index is 13.6. The van der Waals surface area contributed by atoms with E-state index < -0.39 is 0 Å². The van der Waals surface area contributed by atoms with Gasteiger partial charge in [-0.1, -0.05) is 30.3 Å². The molecule has 0 aliphatic carbocycles. The summed E-state index contributed by atoms with van der Waals surface area (Å²) in [5.74, 6) is -0.229. The van der Waals surface area contributed by atoms with Crippen molar-refractivity contribution in [3.63, 3.8) is 0 Å². The van der Waals surface area contributed by atoms with Gasteiger partial charge in [-0.2, -0.15) is 4.57 Å². The van der Waals surface area contributed by atoms with Crippen molar-refractivity contribution >= 4 is 10.9 Å². The fraction of sp³-hybridized carbons (Fsp3) is 0. The fourth-order valence-electron chi connectivity index (χ4n) is 2.01. The molecule has 2 heteroatoms. The van der Waals surface area contributed by atoms with Crippen LogP contribution in [0.1, 0.15) is 0 Å². The van der Waals surface area contributed by atoms with Crippen LogP contribution < -0.4 is 4.57 Å². The summed E-state index contributed by atoms with van der Waals surface area (Å²) in [5, 5.41) is 0.899. The Morgan fingerprint density at radius 3 is 2.35 bits per heavy atom. The third kappa shape index (κ3) is 1.78. The van der Waals surface area contributed by atoms with Gasteiger partial charge in [0.25, 0.3) is 0 Å². The highest BCUT2D eigenvalue weighted by Crippen LogP contribution is 2.12. The molecule has 82 valence electrons. The number of hydrogen-bond donors (Lipinski definition) is 0. The molecule has 0 spiro atoms. The quantitative estimate of drug-likeness (QED) is 0.559. The Bertz CT molecular complexity index is 662. The summed E-state index contributed by atoms with van der Waals surface area (Å²) in [5.41, 5.74) is 1.96. The van der Waals surface area contributed by atoms with Crippen molar-refractivity contribution in [3.05, 3.63) is 72.7 Å². The van der Waals surface area contributed by atoms with Crippen molar-refractivity contribution in [1.29, 1.82) is 0 Å². The number of nitrogens with zero attached hydrogens (tertiary/aromatic N) is 1. The molecule has 1 nitrogen and oxygen atoms in total. The SMILES string of the molecule is Fc1cc2ccccc2[n+](-c2ccccc2)c1. The van der Waals surface area contributed by atoms with Crippen LogP contribution in [0, 0.1) is 5.82 Å². The number of para-hydroxylation sites is 2. The van der Waals surface area contributed by atoms with Crippen LogP contribution in [-0.4, -0.2) is 0 Å². The predicted octanol–water partition coefficient (Wildman–Crippen LogP) is 3.26. The zero-order chi connectivity index (χ0) is 11.7. The normalized spacial score (nSPS) is 10.6. The van der Waals surface area contributed by atoms with E-state index in [1.165, 1.54) is 6.20 Å². The van der Waals surface area contributed by atoms with E-state index in [9.17, 15) is 4.39 Å². The van der Waals surface area contributed by atoms with E-state index in [1.54, 1.807) is 6.07 Å². The van der Waals surface area contributed by atoms with Gasteiger partial charge in [0.1, 0.15) is 0 Å². The highest BCUT2D eigenvalue weighted by Gasteiger charge is 2.13. The second kappa shape index (κ2) is 3.98. The van der Waals surface area contributed by atoms with Gasteiger partial charge in [0, 0.05) is 23.6 Å². The van der Waals surface area contributed by atoms with Crippen LogP contribution in [-0.2, 0) is 0 Å². The monoisotopic (exact) mass is 224 g/mol. The first-order valence-electron chi connectivity index (χ1n) is 5.50. The minimum Gasteiger partial charge on any atom is -0.200 e. The largest absolute Gasteiger partial charge is 0.218 e. The fourth-order valence-corrected chi connectivity index (χ4v) is 2.01. The van der Waals surface area contributed by atoms with E-state index in [4.69, 9.17) is 0 Å². The van der Waals surface area contributed by atoms with Gasteiger partial charge in [-0.05, 0) is 12.1 Å². The number of benzene rings is 2. The molecule has 1 heterocycles. The first-order valence-corrected chi connectivity index (χ1v) is 5.50. The van der Waals surface area contributed by atoms with Crippen molar-refractivity contribution in [2.24, 2.45) is 0 Å². The zero-order valence-corrected chi connectivity index (χ0v) is 9.18. The van der Waals surface area contributed by atoms with Crippen LogP contribution in [0.25, 0.3) is 16.6 Å². The topological polar surface area (TPSA) is 3.88 Å². The van der Waals surface area contributed by atoms with Gasteiger partial charge in [0.15, 0.2) is 5.82 Å². The summed E-state index contributed by atoms with van der Waals surface area (Å²) in [6, 6.07) is 19.1. The van der Waals surface area contributed by atoms with Crippen molar-refractivity contribution in [2.75, 3.05) is 0 Å². The first-order chi connectivity index (χ1) is 8.34. The average Bonchev–Trinajstić information content (AvgIpc) is 2.39. The Morgan fingerprint density at radius 2 is 1.53 bits per heavy atom. The molecule has 0 saturated carbocycles.